The maximum absolute atomic E-state index is 12.0. The monoisotopic (exact) mass is 546 g/mol. The summed E-state index contributed by atoms with van der Waals surface area (Å²) in [6.45, 7) is 0.588. The summed E-state index contributed by atoms with van der Waals surface area (Å²) in [5, 5.41) is 15.1. The highest BCUT2D eigenvalue weighted by Crippen LogP contribution is 2.27. The highest BCUT2D eigenvalue weighted by molar-refractivity contribution is 9.10. The van der Waals surface area contributed by atoms with Crippen molar-refractivity contribution in [3.8, 4) is 5.75 Å². The molecule has 170 valence electrons. The molecule has 0 amide bonds. The van der Waals surface area contributed by atoms with Gasteiger partial charge in [0.25, 0.3) is 0 Å². The normalized spacial score (nSPS) is 12.1. The molecule has 0 saturated carbocycles. The van der Waals surface area contributed by atoms with Gasteiger partial charge < -0.3 is 14.8 Å². The van der Waals surface area contributed by atoms with E-state index in [4.69, 9.17) is 27.9 Å². The number of H-pyrrole nitrogens is 1. The number of aromatic nitrogens is 1. The number of carbonyl (C=O) groups is 1. The average molecular weight is 548 g/mol. The molecular weight excluding hydrogens is 527 g/mol. The molecule has 3 N–H and O–H groups in total. The van der Waals surface area contributed by atoms with Crippen LogP contribution < -0.4 is 10.1 Å². The highest BCUT2D eigenvalue weighted by atomic mass is 79.9. The Hall–Kier alpha value is -2.51. The Bertz CT molecular complexity index is 1290. The lowest BCUT2D eigenvalue weighted by molar-refractivity contribution is -0.139. The molecule has 0 fully saturated rings. The highest BCUT2D eigenvalue weighted by Gasteiger charge is 2.20. The molecule has 0 radical (unpaired) electrons. The molecule has 1 atom stereocenters. The lowest BCUT2D eigenvalue weighted by atomic mass is 10.0. The molecule has 0 aliphatic heterocycles. The molecule has 4 aromatic rings. The SMILES string of the molecule is O=C(O)[C@H](Cc1c[nH]c2ccccc12)NCc1cc(Br)ccc1OCc1ccc(Cl)cc1Cl. The van der Waals surface area contributed by atoms with Gasteiger partial charge in [0.15, 0.2) is 0 Å². The lowest BCUT2D eigenvalue weighted by Crippen LogP contribution is -2.38. The number of ether oxygens (including phenoxy) is 1. The summed E-state index contributed by atoms with van der Waals surface area (Å²) in [5.74, 6) is -0.265. The summed E-state index contributed by atoms with van der Waals surface area (Å²) in [4.78, 5) is 15.2. The summed E-state index contributed by atoms with van der Waals surface area (Å²) < 4.78 is 6.89. The summed E-state index contributed by atoms with van der Waals surface area (Å²) in [6, 6.07) is 18.0. The van der Waals surface area contributed by atoms with Crippen LogP contribution in [-0.2, 0) is 24.4 Å². The van der Waals surface area contributed by atoms with E-state index in [-0.39, 0.29) is 6.61 Å². The van der Waals surface area contributed by atoms with Crippen LogP contribution in [0.5, 0.6) is 5.75 Å². The largest absolute Gasteiger partial charge is 0.489 e. The zero-order valence-electron chi connectivity index (χ0n) is 17.4. The quantitative estimate of drug-likeness (QED) is 0.220. The molecule has 0 unspecified atom stereocenters. The number of aliphatic carboxylic acids is 1. The van der Waals surface area contributed by atoms with E-state index in [1.54, 1.807) is 12.1 Å². The third-order valence-electron chi connectivity index (χ3n) is 5.36. The molecule has 0 spiro atoms. The number of carboxylic acid groups (broad SMARTS) is 1. The van der Waals surface area contributed by atoms with Gasteiger partial charge in [0, 0.05) is 55.7 Å². The Balaban J connectivity index is 1.47. The Labute approximate surface area is 209 Å². The number of aromatic amines is 1. The predicted molar refractivity (Wildman–Crippen MR) is 135 cm³/mol. The minimum absolute atomic E-state index is 0.266. The molecule has 0 saturated heterocycles. The molecule has 5 nitrogen and oxygen atoms in total. The predicted octanol–water partition coefficient (Wildman–Crippen LogP) is 6.60. The van der Waals surface area contributed by atoms with Crippen molar-refractivity contribution in [2.75, 3.05) is 0 Å². The van der Waals surface area contributed by atoms with Crippen molar-refractivity contribution in [3.63, 3.8) is 0 Å². The first-order chi connectivity index (χ1) is 15.9. The number of fused-ring (bicyclic) bond motifs is 1. The lowest BCUT2D eigenvalue weighted by Gasteiger charge is -2.17. The van der Waals surface area contributed by atoms with Crippen LogP contribution in [0.2, 0.25) is 10.0 Å². The first kappa shape index (κ1) is 23.6. The van der Waals surface area contributed by atoms with Gasteiger partial charge in [-0.1, -0.05) is 63.4 Å². The van der Waals surface area contributed by atoms with Gasteiger partial charge in [-0.15, -0.1) is 0 Å². The summed E-state index contributed by atoms with van der Waals surface area (Å²) in [6.07, 6.45) is 2.22. The Morgan fingerprint density at radius 1 is 1.06 bits per heavy atom. The van der Waals surface area contributed by atoms with Gasteiger partial charge in [-0.05, 0) is 42.0 Å². The number of hydrogen-bond donors (Lipinski definition) is 3. The molecule has 1 heterocycles. The molecule has 0 aliphatic carbocycles. The third-order valence-corrected chi connectivity index (χ3v) is 6.44. The zero-order chi connectivity index (χ0) is 23.4. The van der Waals surface area contributed by atoms with Crippen LogP contribution in [0.4, 0.5) is 0 Å². The minimum Gasteiger partial charge on any atom is -0.489 e. The Morgan fingerprint density at radius 3 is 2.67 bits per heavy atom. The molecule has 33 heavy (non-hydrogen) atoms. The second-order valence-electron chi connectivity index (χ2n) is 7.61. The van der Waals surface area contributed by atoms with E-state index in [0.717, 1.165) is 32.1 Å². The number of benzene rings is 3. The smallest absolute Gasteiger partial charge is 0.321 e. The van der Waals surface area contributed by atoms with Crippen LogP contribution in [0.1, 0.15) is 16.7 Å². The van der Waals surface area contributed by atoms with Crippen molar-refractivity contribution >= 4 is 56.0 Å². The van der Waals surface area contributed by atoms with Crippen LogP contribution in [-0.4, -0.2) is 22.1 Å². The van der Waals surface area contributed by atoms with Gasteiger partial charge in [-0.3, -0.25) is 10.1 Å². The van der Waals surface area contributed by atoms with Crippen molar-refractivity contribution in [1.82, 2.24) is 10.3 Å². The van der Waals surface area contributed by atoms with E-state index in [2.05, 4.69) is 26.2 Å². The number of para-hydroxylation sites is 1. The second kappa shape index (κ2) is 10.6. The average Bonchev–Trinajstić information content (AvgIpc) is 3.19. The number of nitrogens with one attached hydrogen (secondary N) is 2. The second-order valence-corrected chi connectivity index (χ2v) is 9.37. The first-order valence-electron chi connectivity index (χ1n) is 10.3. The Morgan fingerprint density at radius 2 is 1.88 bits per heavy atom. The number of rotatable bonds is 9. The van der Waals surface area contributed by atoms with Crippen LogP contribution in [0, 0.1) is 0 Å². The van der Waals surface area contributed by atoms with Crippen molar-refractivity contribution in [2.24, 2.45) is 0 Å². The molecular formula is C25H21BrCl2N2O3. The van der Waals surface area contributed by atoms with Gasteiger partial charge in [-0.25, -0.2) is 0 Å². The number of carboxylic acids is 1. The van der Waals surface area contributed by atoms with Gasteiger partial charge in [0.05, 0.1) is 0 Å². The topological polar surface area (TPSA) is 74.3 Å². The summed E-state index contributed by atoms with van der Waals surface area (Å²) in [7, 11) is 0. The van der Waals surface area contributed by atoms with Crippen LogP contribution in [0.15, 0.2) is 71.3 Å². The van der Waals surface area contributed by atoms with Gasteiger partial charge in [0.1, 0.15) is 18.4 Å². The molecule has 8 heteroatoms. The van der Waals surface area contributed by atoms with Crippen LogP contribution >= 0.6 is 39.1 Å². The fourth-order valence-electron chi connectivity index (χ4n) is 3.62. The van der Waals surface area contributed by atoms with E-state index >= 15 is 0 Å². The Kier molecular flexibility index (Phi) is 7.60. The maximum Gasteiger partial charge on any atom is 0.321 e. The van der Waals surface area contributed by atoms with Crippen molar-refractivity contribution < 1.29 is 14.6 Å². The van der Waals surface area contributed by atoms with E-state index in [1.165, 1.54) is 0 Å². The van der Waals surface area contributed by atoms with Gasteiger partial charge in [0.2, 0.25) is 0 Å². The van der Waals surface area contributed by atoms with E-state index in [1.807, 2.05) is 54.7 Å². The molecule has 1 aromatic heterocycles. The zero-order valence-corrected chi connectivity index (χ0v) is 20.5. The van der Waals surface area contributed by atoms with Crippen LogP contribution in [0.3, 0.4) is 0 Å². The number of hydrogen-bond acceptors (Lipinski definition) is 3. The van der Waals surface area contributed by atoms with Crippen molar-refractivity contribution in [1.29, 1.82) is 0 Å². The van der Waals surface area contributed by atoms with Crippen molar-refractivity contribution in [3.05, 3.63) is 98.1 Å². The van der Waals surface area contributed by atoms with Crippen molar-refractivity contribution in [2.45, 2.75) is 25.6 Å². The standard InChI is InChI=1S/C25H21BrCl2N2O3/c26-18-6-8-24(33-14-15-5-7-19(27)11-21(15)28)17(9-18)13-30-23(25(31)32)10-16-12-29-22-4-2-1-3-20(16)22/h1-9,11-12,23,29-30H,10,13-14H2,(H,31,32)/t23-/m0/s1. The third kappa shape index (κ3) is 5.89. The van der Waals surface area contributed by atoms with Crippen LogP contribution in [0.25, 0.3) is 10.9 Å². The molecule has 0 bridgehead atoms. The molecule has 4 rings (SSSR count). The fourth-order valence-corrected chi connectivity index (χ4v) is 4.49. The number of halogens is 3. The van der Waals surface area contributed by atoms with E-state index in [0.29, 0.717) is 28.8 Å². The maximum atomic E-state index is 12.0. The van der Waals surface area contributed by atoms with E-state index in [9.17, 15) is 9.90 Å². The van der Waals surface area contributed by atoms with Gasteiger partial charge >= 0.3 is 5.97 Å². The first-order valence-corrected chi connectivity index (χ1v) is 11.8. The molecule has 3 aromatic carbocycles. The fraction of sp³-hybridized carbons (Fsp3) is 0.160. The molecule has 0 aliphatic rings. The van der Waals surface area contributed by atoms with E-state index < -0.39 is 12.0 Å². The summed E-state index contributed by atoms with van der Waals surface area (Å²) in [5.41, 5.74) is 3.58. The summed E-state index contributed by atoms with van der Waals surface area (Å²) >= 11 is 15.7. The minimum atomic E-state index is -0.911. The van der Waals surface area contributed by atoms with Gasteiger partial charge in [-0.2, -0.15) is 0 Å².